The molecule has 0 saturated carbocycles. The zero-order valence-corrected chi connectivity index (χ0v) is 18.2. The van der Waals surface area contributed by atoms with Gasteiger partial charge in [0, 0.05) is 23.7 Å². The predicted octanol–water partition coefficient (Wildman–Crippen LogP) is 2.67. The van der Waals surface area contributed by atoms with E-state index in [1.807, 2.05) is 0 Å². The van der Waals surface area contributed by atoms with Crippen molar-refractivity contribution in [2.45, 2.75) is 6.42 Å². The minimum Gasteiger partial charge on any atom is -0.495 e. The second kappa shape index (κ2) is 10.1. The lowest BCUT2D eigenvalue weighted by Gasteiger charge is -2.17. The normalized spacial score (nSPS) is 15.3. The summed E-state index contributed by atoms with van der Waals surface area (Å²) in [5, 5.41) is 2.97. The summed E-state index contributed by atoms with van der Waals surface area (Å²) in [6.45, 7) is -0.411. The SMILES string of the molecule is COC(=O)c1ccc(N2C[C@H](C(=O)OCC(=O)Nc3cc(Cl)ccc3OC)CC2=O)cc1. The van der Waals surface area contributed by atoms with Crippen LogP contribution < -0.4 is 15.0 Å². The number of hydrogen-bond acceptors (Lipinski definition) is 7. The molecule has 9 nitrogen and oxygen atoms in total. The van der Waals surface area contributed by atoms with Crippen molar-refractivity contribution in [1.29, 1.82) is 0 Å². The number of carbonyl (C=O) groups excluding carboxylic acids is 4. The number of rotatable bonds is 7. The number of anilines is 2. The highest BCUT2D eigenvalue weighted by Gasteiger charge is 2.36. The maximum Gasteiger partial charge on any atom is 0.337 e. The van der Waals surface area contributed by atoms with Crippen molar-refractivity contribution in [2.24, 2.45) is 5.92 Å². The molecule has 1 fully saturated rings. The Kier molecular flexibility index (Phi) is 7.32. The average molecular weight is 461 g/mol. The lowest BCUT2D eigenvalue weighted by Crippen LogP contribution is -2.28. The molecule has 168 valence electrons. The Labute approximate surface area is 189 Å². The highest BCUT2D eigenvalue weighted by atomic mass is 35.5. The van der Waals surface area contributed by atoms with Crippen LogP contribution in [0.1, 0.15) is 16.8 Å². The molecule has 0 aliphatic carbocycles. The summed E-state index contributed by atoms with van der Waals surface area (Å²) in [6, 6.07) is 11.0. The number of halogens is 1. The molecule has 1 aliphatic heterocycles. The maximum absolute atomic E-state index is 12.4. The van der Waals surface area contributed by atoms with Gasteiger partial charge in [0.1, 0.15) is 5.75 Å². The van der Waals surface area contributed by atoms with E-state index < -0.39 is 30.4 Å². The number of nitrogens with one attached hydrogen (secondary N) is 1. The van der Waals surface area contributed by atoms with E-state index in [-0.39, 0.29) is 18.9 Å². The average Bonchev–Trinajstić information content (AvgIpc) is 3.19. The molecule has 0 radical (unpaired) electrons. The Bertz CT molecular complexity index is 1040. The Morgan fingerprint density at radius 1 is 1.12 bits per heavy atom. The van der Waals surface area contributed by atoms with Gasteiger partial charge in [-0.2, -0.15) is 0 Å². The third kappa shape index (κ3) is 5.36. The van der Waals surface area contributed by atoms with E-state index in [1.165, 1.54) is 37.3 Å². The predicted molar refractivity (Wildman–Crippen MR) is 116 cm³/mol. The van der Waals surface area contributed by atoms with Gasteiger partial charge in [-0.05, 0) is 42.5 Å². The van der Waals surface area contributed by atoms with Crippen molar-refractivity contribution in [3.05, 3.63) is 53.1 Å². The van der Waals surface area contributed by atoms with Gasteiger partial charge in [-0.25, -0.2) is 4.79 Å². The number of amides is 2. The molecule has 1 N–H and O–H groups in total. The molecule has 3 rings (SSSR count). The van der Waals surface area contributed by atoms with Gasteiger partial charge in [-0.3, -0.25) is 14.4 Å². The molecule has 32 heavy (non-hydrogen) atoms. The largest absolute Gasteiger partial charge is 0.495 e. The number of benzene rings is 2. The lowest BCUT2D eigenvalue weighted by atomic mass is 10.1. The van der Waals surface area contributed by atoms with Crippen molar-refractivity contribution in [3.63, 3.8) is 0 Å². The van der Waals surface area contributed by atoms with Gasteiger partial charge < -0.3 is 24.4 Å². The van der Waals surface area contributed by atoms with Crippen LogP contribution in [0, 0.1) is 5.92 Å². The summed E-state index contributed by atoms with van der Waals surface area (Å²) in [5.74, 6) is -2.27. The molecule has 2 amide bonds. The molecule has 1 heterocycles. The Morgan fingerprint density at radius 2 is 1.84 bits per heavy atom. The van der Waals surface area contributed by atoms with E-state index in [0.717, 1.165) is 0 Å². The fourth-order valence-electron chi connectivity index (χ4n) is 3.23. The van der Waals surface area contributed by atoms with Crippen LogP contribution in [0.4, 0.5) is 11.4 Å². The highest BCUT2D eigenvalue weighted by Crippen LogP contribution is 2.28. The Hall–Kier alpha value is -3.59. The van der Waals surface area contributed by atoms with Crippen molar-refractivity contribution < 1.29 is 33.4 Å². The number of methoxy groups -OCH3 is 2. The minimum atomic E-state index is -0.712. The quantitative estimate of drug-likeness (QED) is 0.632. The van der Waals surface area contributed by atoms with Crippen LogP contribution in [0.3, 0.4) is 0 Å². The van der Waals surface area contributed by atoms with E-state index in [1.54, 1.807) is 24.3 Å². The molecule has 0 unspecified atom stereocenters. The summed E-state index contributed by atoms with van der Waals surface area (Å²) < 4.78 is 14.9. The third-order valence-electron chi connectivity index (χ3n) is 4.84. The first-order valence-corrected chi connectivity index (χ1v) is 9.99. The van der Waals surface area contributed by atoms with Gasteiger partial charge in [-0.1, -0.05) is 11.6 Å². The molecule has 0 bridgehead atoms. The fourth-order valence-corrected chi connectivity index (χ4v) is 3.40. The van der Waals surface area contributed by atoms with Gasteiger partial charge >= 0.3 is 11.9 Å². The molecule has 1 saturated heterocycles. The number of esters is 2. The first-order chi connectivity index (χ1) is 15.3. The van der Waals surface area contributed by atoms with Gasteiger partial charge in [0.05, 0.1) is 31.4 Å². The van der Waals surface area contributed by atoms with E-state index in [2.05, 4.69) is 10.1 Å². The van der Waals surface area contributed by atoms with Crippen LogP contribution in [-0.4, -0.2) is 51.1 Å². The molecular weight excluding hydrogens is 440 g/mol. The van der Waals surface area contributed by atoms with Crippen LogP contribution in [-0.2, 0) is 23.9 Å². The Morgan fingerprint density at radius 3 is 2.50 bits per heavy atom. The monoisotopic (exact) mass is 460 g/mol. The molecule has 0 spiro atoms. The zero-order valence-electron chi connectivity index (χ0n) is 17.4. The van der Waals surface area contributed by atoms with Crippen molar-refractivity contribution in [1.82, 2.24) is 0 Å². The van der Waals surface area contributed by atoms with Crippen LogP contribution in [0.15, 0.2) is 42.5 Å². The van der Waals surface area contributed by atoms with Crippen molar-refractivity contribution in [3.8, 4) is 5.75 Å². The second-order valence-electron chi connectivity index (χ2n) is 6.94. The van der Waals surface area contributed by atoms with Crippen LogP contribution in [0.25, 0.3) is 0 Å². The molecular formula is C22H21ClN2O7. The molecule has 2 aromatic rings. The van der Waals surface area contributed by atoms with E-state index in [0.29, 0.717) is 27.7 Å². The lowest BCUT2D eigenvalue weighted by molar-refractivity contribution is -0.151. The van der Waals surface area contributed by atoms with Gasteiger partial charge in [0.2, 0.25) is 5.91 Å². The molecule has 10 heteroatoms. The maximum atomic E-state index is 12.4. The van der Waals surface area contributed by atoms with Gasteiger partial charge in [-0.15, -0.1) is 0 Å². The van der Waals surface area contributed by atoms with Gasteiger partial charge in [0.15, 0.2) is 6.61 Å². The summed E-state index contributed by atoms with van der Waals surface area (Å²) in [7, 11) is 2.73. The van der Waals surface area contributed by atoms with Crippen LogP contribution in [0.2, 0.25) is 5.02 Å². The molecule has 2 aromatic carbocycles. The Balaban J connectivity index is 1.55. The van der Waals surface area contributed by atoms with Crippen LogP contribution >= 0.6 is 11.6 Å². The first-order valence-electron chi connectivity index (χ1n) is 9.61. The number of nitrogens with zero attached hydrogens (tertiary/aromatic N) is 1. The summed E-state index contributed by atoms with van der Waals surface area (Å²) in [5.41, 5.74) is 1.24. The summed E-state index contributed by atoms with van der Waals surface area (Å²) in [4.78, 5) is 49.9. The molecule has 1 atom stereocenters. The second-order valence-corrected chi connectivity index (χ2v) is 7.38. The smallest absolute Gasteiger partial charge is 0.337 e. The zero-order chi connectivity index (χ0) is 23.3. The highest BCUT2D eigenvalue weighted by molar-refractivity contribution is 6.31. The van der Waals surface area contributed by atoms with E-state index in [9.17, 15) is 19.2 Å². The van der Waals surface area contributed by atoms with E-state index in [4.69, 9.17) is 21.1 Å². The number of hydrogen-bond donors (Lipinski definition) is 1. The van der Waals surface area contributed by atoms with Gasteiger partial charge in [0.25, 0.3) is 5.91 Å². The number of carbonyl (C=O) groups is 4. The molecule has 1 aliphatic rings. The third-order valence-corrected chi connectivity index (χ3v) is 5.07. The van der Waals surface area contributed by atoms with E-state index >= 15 is 0 Å². The standard InChI is InChI=1S/C22H21ClN2O7/c1-30-18-8-5-15(23)10-17(18)24-19(26)12-32-22(29)14-9-20(27)25(11-14)16-6-3-13(4-7-16)21(28)31-2/h3-8,10,14H,9,11-12H2,1-2H3,(H,24,26)/t14-/m1/s1. The summed E-state index contributed by atoms with van der Waals surface area (Å²) >= 11 is 5.93. The minimum absolute atomic E-state index is 0.0404. The molecule has 0 aromatic heterocycles. The number of ether oxygens (including phenoxy) is 3. The van der Waals surface area contributed by atoms with Crippen LogP contribution in [0.5, 0.6) is 5.75 Å². The van der Waals surface area contributed by atoms with Crippen molar-refractivity contribution in [2.75, 3.05) is 37.6 Å². The summed E-state index contributed by atoms with van der Waals surface area (Å²) in [6.07, 6.45) is -0.0404. The van der Waals surface area contributed by atoms with Crippen molar-refractivity contribution >= 4 is 46.7 Å². The topological polar surface area (TPSA) is 111 Å². The first kappa shape index (κ1) is 23.1. The fraction of sp³-hybridized carbons (Fsp3) is 0.273.